The molecule has 0 spiro atoms. The van der Waals surface area contributed by atoms with E-state index in [-0.39, 0.29) is 5.82 Å². The number of aromatic nitrogens is 1. The number of nitrogens with two attached hydrogens (primary N) is 1. The van der Waals surface area contributed by atoms with Crippen LogP contribution in [0.4, 0.5) is 4.39 Å². The van der Waals surface area contributed by atoms with Crippen molar-refractivity contribution in [1.29, 1.82) is 0 Å². The SMILES string of the molecule is Fc1cccc(-c2noc3c2C[NH2+]CC3)c1. The molecule has 0 fully saturated rings. The monoisotopic (exact) mass is 219 g/mol. The van der Waals surface area contributed by atoms with Gasteiger partial charge in [-0.25, -0.2) is 4.39 Å². The third-order valence-electron chi connectivity index (χ3n) is 2.89. The van der Waals surface area contributed by atoms with E-state index in [9.17, 15) is 4.39 Å². The minimum atomic E-state index is -0.242. The standard InChI is InChI=1S/C12H11FN2O/c13-9-3-1-2-8(6-9)12-10-7-14-5-4-11(10)16-15-12/h1-3,6,14H,4-5,7H2/p+1. The number of nitrogens with zero attached hydrogens (tertiary/aromatic N) is 1. The first-order chi connectivity index (χ1) is 7.84. The Morgan fingerprint density at radius 2 is 2.31 bits per heavy atom. The smallest absolute Gasteiger partial charge is 0.151 e. The summed E-state index contributed by atoms with van der Waals surface area (Å²) in [5.41, 5.74) is 2.68. The Bertz CT molecular complexity index is 521. The van der Waals surface area contributed by atoms with Crippen LogP contribution >= 0.6 is 0 Å². The highest BCUT2D eigenvalue weighted by Gasteiger charge is 2.22. The van der Waals surface area contributed by atoms with E-state index in [4.69, 9.17) is 4.52 Å². The van der Waals surface area contributed by atoms with Gasteiger partial charge in [-0.05, 0) is 12.1 Å². The summed E-state index contributed by atoms with van der Waals surface area (Å²) in [6.07, 6.45) is 0.900. The predicted octanol–water partition coefficient (Wildman–Crippen LogP) is 1.10. The maximum Gasteiger partial charge on any atom is 0.151 e. The molecule has 1 aromatic carbocycles. The molecule has 16 heavy (non-hydrogen) atoms. The molecule has 82 valence electrons. The fraction of sp³-hybridized carbons (Fsp3) is 0.250. The van der Waals surface area contributed by atoms with Gasteiger partial charge in [0.05, 0.1) is 18.5 Å². The molecule has 0 saturated carbocycles. The van der Waals surface area contributed by atoms with E-state index < -0.39 is 0 Å². The van der Waals surface area contributed by atoms with E-state index in [0.29, 0.717) is 0 Å². The van der Waals surface area contributed by atoms with Gasteiger partial charge in [0.25, 0.3) is 0 Å². The third-order valence-corrected chi connectivity index (χ3v) is 2.89. The van der Waals surface area contributed by atoms with E-state index in [1.54, 1.807) is 6.07 Å². The van der Waals surface area contributed by atoms with Crippen LogP contribution in [0.25, 0.3) is 11.3 Å². The zero-order chi connectivity index (χ0) is 11.0. The first-order valence-electron chi connectivity index (χ1n) is 5.39. The molecule has 0 atom stereocenters. The summed E-state index contributed by atoms with van der Waals surface area (Å²) in [7, 11) is 0. The topological polar surface area (TPSA) is 42.6 Å². The highest BCUT2D eigenvalue weighted by atomic mass is 19.1. The van der Waals surface area contributed by atoms with Crippen LogP contribution in [0.2, 0.25) is 0 Å². The Kier molecular flexibility index (Phi) is 2.22. The molecular formula is C12H12FN2O+. The highest BCUT2D eigenvalue weighted by molar-refractivity contribution is 5.63. The van der Waals surface area contributed by atoms with Crippen molar-refractivity contribution in [2.24, 2.45) is 0 Å². The van der Waals surface area contributed by atoms with Crippen LogP contribution in [0.15, 0.2) is 28.8 Å². The zero-order valence-electron chi connectivity index (χ0n) is 8.74. The van der Waals surface area contributed by atoms with Crippen LogP contribution in [-0.4, -0.2) is 11.7 Å². The summed E-state index contributed by atoms with van der Waals surface area (Å²) in [6, 6.07) is 6.48. The first-order valence-corrected chi connectivity index (χ1v) is 5.39. The largest absolute Gasteiger partial charge is 0.360 e. The second-order valence-electron chi connectivity index (χ2n) is 3.97. The minimum absolute atomic E-state index is 0.242. The summed E-state index contributed by atoms with van der Waals surface area (Å²) in [5, 5.41) is 6.26. The van der Waals surface area contributed by atoms with Crippen molar-refractivity contribution in [1.82, 2.24) is 5.16 Å². The van der Waals surface area contributed by atoms with E-state index in [1.165, 1.54) is 12.1 Å². The number of halogens is 1. The number of fused-ring (bicyclic) bond motifs is 1. The molecule has 3 rings (SSSR count). The van der Waals surface area contributed by atoms with Gasteiger partial charge in [-0.2, -0.15) is 0 Å². The molecule has 1 aliphatic rings. The van der Waals surface area contributed by atoms with Gasteiger partial charge in [-0.3, -0.25) is 0 Å². The fourth-order valence-electron chi connectivity index (χ4n) is 2.09. The van der Waals surface area contributed by atoms with Crippen molar-refractivity contribution in [2.45, 2.75) is 13.0 Å². The van der Waals surface area contributed by atoms with E-state index in [1.807, 2.05) is 6.07 Å². The van der Waals surface area contributed by atoms with Crippen molar-refractivity contribution in [3.8, 4) is 11.3 Å². The molecule has 1 aromatic heterocycles. The van der Waals surface area contributed by atoms with Crippen LogP contribution in [0.3, 0.4) is 0 Å². The third kappa shape index (κ3) is 1.51. The van der Waals surface area contributed by atoms with Crippen LogP contribution in [-0.2, 0) is 13.0 Å². The van der Waals surface area contributed by atoms with Gasteiger partial charge in [0, 0.05) is 5.56 Å². The van der Waals surface area contributed by atoms with Crippen LogP contribution in [0, 0.1) is 5.82 Å². The summed E-state index contributed by atoms with van der Waals surface area (Å²) >= 11 is 0. The van der Waals surface area contributed by atoms with Crippen molar-refractivity contribution < 1.29 is 14.2 Å². The Balaban J connectivity index is 2.09. The lowest BCUT2D eigenvalue weighted by atomic mass is 10.0. The summed E-state index contributed by atoms with van der Waals surface area (Å²) in [4.78, 5) is 0. The lowest BCUT2D eigenvalue weighted by molar-refractivity contribution is -0.673. The maximum absolute atomic E-state index is 13.1. The van der Waals surface area contributed by atoms with Crippen LogP contribution < -0.4 is 5.32 Å². The molecule has 1 aliphatic heterocycles. The van der Waals surface area contributed by atoms with Crippen molar-refractivity contribution in [2.75, 3.05) is 6.54 Å². The molecule has 0 aliphatic carbocycles. The first kappa shape index (κ1) is 9.54. The van der Waals surface area contributed by atoms with Gasteiger partial charge >= 0.3 is 0 Å². The lowest BCUT2D eigenvalue weighted by Crippen LogP contribution is -2.84. The van der Waals surface area contributed by atoms with Gasteiger partial charge in [0.1, 0.15) is 18.1 Å². The lowest BCUT2D eigenvalue weighted by Gasteiger charge is -2.08. The molecule has 0 radical (unpaired) electrons. The Labute approximate surface area is 92.3 Å². The molecule has 2 heterocycles. The second-order valence-corrected chi connectivity index (χ2v) is 3.97. The molecule has 3 nitrogen and oxygen atoms in total. The predicted molar refractivity (Wildman–Crippen MR) is 56.1 cm³/mol. The van der Waals surface area contributed by atoms with E-state index in [0.717, 1.165) is 42.1 Å². The molecule has 0 bridgehead atoms. The number of quaternary nitrogens is 1. The fourth-order valence-corrected chi connectivity index (χ4v) is 2.09. The molecule has 0 unspecified atom stereocenters. The van der Waals surface area contributed by atoms with E-state index in [2.05, 4.69) is 10.5 Å². The van der Waals surface area contributed by atoms with Gasteiger partial charge in [0.15, 0.2) is 5.76 Å². The summed E-state index contributed by atoms with van der Waals surface area (Å²) in [5.74, 6) is 0.704. The average Bonchev–Trinajstić information content (AvgIpc) is 2.72. The molecule has 2 N–H and O–H groups in total. The Morgan fingerprint density at radius 1 is 1.38 bits per heavy atom. The zero-order valence-corrected chi connectivity index (χ0v) is 8.74. The van der Waals surface area contributed by atoms with Crippen molar-refractivity contribution in [3.05, 3.63) is 41.4 Å². The number of benzene rings is 1. The van der Waals surface area contributed by atoms with Gasteiger partial charge in [0.2, 0.25) is 0 Å². The number of hydrogen-bond acceptors (Lipinski definition) is 2. The minimum Gasteiger partial charge on any atom is -0.360 e. The Morgan fingerprint density at radius 3 is 3.19 bits per heavy atom. The molecule has 2 aromatic rings. The summed E-state index contributed by atoms with van der Waals surface area (Å²) in [6.45, 7) is 1.90. The van der Waals surface area contributed by atoms with Crippen molar-refractivity contribution >= 4 is 0 Å². The second kappa shape index (κ2) is 3.72. The number of rotatable bonds is 1. The Hall–Kier alpha value is -1.68. The quantitative estimate of drug-likeness (QED) is 0.780. The number of hydrogen-bond donors (Lipinski definition) is 1. The molecular weight excluding hydrogens is 207 g/mol. The molecule has 0 amide bonds. The molecule has 4 heteroatoms. The highest BCUT2D eigenvalue weighted by Crippen LogP contribution is 2.26. The van der Waals surface area contributed by atoms with Gasteiger partial charge in [-0.1, -0.05) is 17.3 Å². The molecule has 0 saturated heterocycles. The maximum atomic E-state index is 13.1. The normalized spacial score (nSPS) is 14.8. The van der Waals surface area contributed by atoms with Gasteiger partial charge < -0.3 is 9.84 Å². The van der Waals surface area contributed by atoms with Crippen LogP contribution in [0.1, 0.15) is 11.3 Å². The van der Waals surface area contributed by atoms with Gasteiger partial charge in [-0.15, -0.1) is 0 Å². The van der Waals surface area contributed by atoms with Crippen LogP contribution in [0.5, 0.6) is 0 Å². The summed E-state index contributed by atoms with van der Waals surface area (Å²) < 4.78 is 18.4. The van der Waals surface area contributed by atoms with Crippen molar-refractivity contribution in [3.63, 3.8) is 0 Å². The average molecular weight is 219 g/mol. The van der Waals surface area contributed by atoms with E-state index >= 15 is 0 Å².